The summed E-state index contributed by atoms with van der Waals surface area (Å²) in [5.41, 5.74) is 3.52. The van der Waals surface area contributed by atoms with Crippen LogP contribution in [0.3, 0.4) is 0 Å². The van der Waals surface area contributed by atoms with E-state index in [2.05, 4.69) is 15.3 Å². The lowest BCUT2D eigenvalue weighted by atomic mass is 10.1. The summed E-state index contributed by atoms with van der Waals surface area (Å²) in [6, 6.07) is 8.82. The average molecular weight is 393 g/mol. The van der Waals surface area contributed by atoms with Crippen molar-refractivity contribution in [3.05, 3.63) is 63.2 Å². The van der Waals surface area contributed by atoms with Crippen LogP contribution in [-0.2, 0) is 4.79 Å². The Morgan fingerprint density at radius 2 is 1.93 bits per heavy atom. The Morgan fingerprint density at radius 3 is 2.54 bits per heavy atom. The van der Waals surface area contributed by atoms with Gasteiger partial charge in [-0.25, -0.2) is 5.43 Å². The van der Waals surface area contributed by atoms with E-state index in [9.17, 15) is 23.7 Å². The monoisotopic (exact) mass is 393 g/mol. The van der Waals surface area contributed by atoms with Crippen molar-refractivity contribution in [2.24, 2.45) is 5.10 Å². The van der Waals surface area contributed by atoms with Crippen molar-refractivity contribution in [1.82, 2.24) is 5.43 Å². The fourth-order valence-electron chi connectivity index (χ4n) is 2.42. The van der Waals surface area contributed by atoms with E-state index in [4.69, 9.17) is 4.74 Å². The van der Waals surface area contributed by atoms with Gasteiger partial charge in [0.1, 0.15) is 5.75 Å². The van der Waals surface area contributed by atoms with Crippen molar-refractivity contribution in [1.29, 1.82) is 0 Å². The van der Waals surface area contributed by atoms with Crippen LogP contribution in [0.4, 0.5) is 14.5 Å². The topological polar surface area (TPSA) is 103 Å². The lowest BCUT2D eigenvalue weighted by Crippen LogP contribution is -2.24. The van der Waals surface area contributed by atoms with E-state index in [0.717, 1.165) is 0 Å². The third-order valence-corrected chi connectivity index (χ3v) is 3.51. The quantitative estimate of drug-likeness (QED) is 0.421. The van der Waals surface area contributed by atoms with Crippen LogP contribution in [0.1, 0.15) is 16.7 Å². The lowest BCUT2D eigenvalue weighted by molar-refractivity contribution is -0.385. The number of nitrogens with one attached hydrogen (secondary N) is 1. The standard InChI is InChI=1S/C18H17F2N3O5/c1-11-7-13(8-12(2)17(11)28-18(19)20)9-21-22-16(24)10-27-15-6-4-3-5-14(15)23(25)26/h3-9,18H,10H2,1-2H3,(H,22,24)/b21-9-. The van der Waals surface area contributed by atoms with E-state index in [0.29, 0.717) is 16.7 Å². The summed E-state index contributed by atoms with van der Waals surface area (Å²) in [4.78, 5) is 22.0. The van der Waals surface area contributed by atoms with Crippen LogP contribution >= 0.6 is 0 Å². The first-order valence-corrected chi connectivity index (χ1v) is 8.02. The molecule has 0 unspecified atom stereocenters. The summed E-state index contributed by atoms with van der Waals surface area (Å²) >= 11 is 0. The Labute approximate surface area is 158 Å². The number of hydrogen-bond donors (Lipinski definition) is 1. The third-order valence-electron chi connectivity index (χ3n) is 3.51. The van der Waals surface area contributed by atoms with E-state index in [-0.39, 0.29) is 17.2 Å². The van der Waals surface area contributed by atoms with Gasteiger partial charge in [0.2, 0.25) is 0 Å². The maximum atomic E-state index is 12.4. The van der Waals surface area contributed by atoms with Crippen LogP contribution in [0.2, 0.25) is 0 Å². The van der Waals surface area contributed by atoms with Gasteiger partial charge < -0.3 is 9.47 Å². The molecule has 2 aromatic carbocycles. The molecule has 0 atom stereocenters. The van der Waals surface area contributed by atoms with Crippen molar-refractivity contribution >= 4 is 17.8 Å². The molecule has 10 heteroatoms. The minimum absolute atomic E-state index is 0.0347. The molecule has 0 heterocycles. The molecule has 0 spiro atoms. The zero-order chi connectivity index (χ0) is 20.7. The van der Waals surface area contributed by atoms with Crippen molar-refractivity contribution in [2.45, 2.75) is 20.5 Å². The van der Waals surface area contributed by atoms with Gasteiger partial charge in [-0.1, -0.05) is 12.1 Å². The van der Waals surface area contributed by atoms with Gasteiger partial charge >= 0.3 is 12.3 Å². The number of hydrogen-bond acceptors (Lipinski definition) is 6. The predicted octanol–water partition coefficient (Wildman–Crippen LogP) is 3.34. The van der Waals surface area contributed by atoms with Crippen LogP contribution in [0.5, 0.6) is 11.5 Å². The van der Waals surface area contributed by atoms with Crippen LogP contribution in [-0.4, -0.2) is 30.3 Å². The maximum Gasteiger partial charge on any atom is 0.387 e. The number of carbonyl (C=O) groups is 1. The highest BCUT2D eigenvalue weighted by Crippen LogP contribution is 2.26. The molecular formula is C18H17F2N3O5. The highest BCUT2D eigenvalue weighted by atomic mass is 19.3. The van der Waals surface area contributed by atoms with Gasteiger partial charge in [0.25, 0.3) is 5.91 Å². The third kappa shape index (κ3) is 5.73. The molecule has 28 heavy (non-hydrogen) atoms. The van der Waals surface area contributed by atoms with Crippen LogP contribution in [0.25, 0.3) is 0 Å². The van der Waals surface area contributed by atoms with Crippen molar-refractivity contribution in [3.8, 4) is 11.5 Å². The molecule has 0 aliphatic rings. The van der Waals surface area contributed by atoms with Crippen LogP contribution in [0, 0.1) is 24.0 Å². The van der Waals surface area contributed by atoms with Gasteiger partial charge in [-0.3, -0.25) is 14.9 Å². The second kappa shape index (κ2) is 9.40. The number of nitro groups is 1. The summed E-state index contributed by atoms with van der Waals surface area (Å²) in [6.45, 7) is -0.166. The van der Waals surface area contributed by atoms with Crippen LogP contribution < -0.4 is 14.9 Å². The first-order chi connectivity index (χ1) is 13.3. The van der Waals surface area contributed by atoms with Crippen molar-refractivity contribution in [2.75, 3.05) is 6.61 Å². The number of carbonyl (C=O) groups excluding carboxylic acids is 1. The molecule has 0 aliphatic heterocycles. The summed E-state index contributed by atoms with van der Waals surface area (Å²) in [5.74, 6) is -0.568. The second-order valence-electron chi connectivity index (χ2n) is 5.67. The molecule has 1 N–H and O–H groups in total. The number of nitro benzene ring substituents is 1. The van der Waals surface area contributed by atoms with E-state index in [1.807, 2.05) is 0 Å². The largest absolute Gasteiger partial charge is 0.477 e. The fraction of sp³-hybridized carbons (Fsp3) is 0.222. The number of nitrogens with zero attached hydrogens (tertiary/aromatic N) is 2. The Kier molecular flexibility index (Phi) is 6.96. The average Bonchev–Trinajstić information content (AvgIpc) is 2.63. The maximum absolute atomic E-state index is 12.4. The number of ether oxygens (including phenoxy) is 2. The number of hydrazone groups is 1. The number of rotatable bonds is 8. The minimum Gasteiger partial charge on any atom is -0.477 e. The summed E-state index contributed by atoms with van der Waals surface area (Å²) in [6.07, 6.45) is 1.33. The van der Waals surface area contributed by atoms with Gasteiger partial charge in [-0.2, -0.15) is 13.9 Å². The van der Waals surface area contributed by atoms with Gasteiger partial charge in [-0.15, -0.1) is 0 Å². The minimum atomic E-state index is -2.92. The molecule has 0 aromatic heterocycles. The molecule has 148 valence electrons. The first-order valence-electron chi connectivity index (χ1n) is 8.02. The summed E-state index contributed by atoms with van der Waals surface area (Å²) in [5, 5.41) is 14.6. The number of para-hydroxylation sites is 2. The lowest BCUT2D eigenvalue weighted by Gasteiger charge is -2.11. The highest BCUT2D eigenvalue weighted by Gasteiger charge is 2.15. The molecule has 0 fully saturated rings. The zero-order valence-electron chi connectivity index (χ0n) is 15.0. The number of aryl methyl sites for hydroxylation is 2. The fourth-order valence-corrected chi connectivity index (χ4v) is 2.42. The molecule has 0 saturated heterocycles. The molecule has 0 aliphatic carbocycles. The SMILES string of the molecule is Cc1cc(/C=N\NC(=O)COc2ccccc2[N+](=O)[O-])cc(C)c1OC(F)F. The molecular weight excluding hydrogens is 376 g/mol. The molecule has 0 radical (unpaired) electrons. The second-order valence-corrected chi connectivity index (χ2v) is 5.67. The molecule has 8 nitrogen and oxygen atoms in total. The molecule has 0 bridgehead atoms. The number of alkyl halides is 2. The Morgan fingerprint density at radius 1 is 1.29 bits per heavy atom. The summed E-state index contributed by atoms with van der Waals surface area (Å²) < 4.78 is 34.4. The van der Waals surface area contributed by atoms with E-state index in [1.165, 1.54) is 24.4 Å². The van der Waals surface area contributed by atoms with E-state index >= 15 is 0 Å². The molecule has 1 amide bonds. The van der Waals surface area contributed by atoms with Gasteiger partial charge in [0.15, 0.2) is 12.4 Å². The van der Waals surface area contributed by atoms with E-state index < -0.39 is 24.0 Å². The first kappa shape index (κ1) is 20.7. The molecule has 2 rings (SSSR count). The summed E-state index contributed by atoms with van der Waals surface area (Å²) in [7, 11) is 0. The molecule has 0 saturated carbocycles. The van der Waals surface area contributed by atoms with Gasteiger partial charge in [0.05, 0.1) is 11.1 Å². The highest BCUT2D eigenvalue weighted by molar-refractivity contribution is 5.83. The van der Waals surface area contributed by atoms with Crippen molar-refractivity contribution in [3.63, 3.8) is 0 Å². The zero-order valence-corrected chi connectivity index (χ0v) is 15.0. The number of halogens is 2. The van der Waals surface area contributed by atoms with Crippen molar-refractivity contribution < 1.29 is 28.0 Å². The van der Waals surface area contributed by atoms with Crippen LogP contribution in [0.15, 0.2) is 41.5 Å². The van der Waals surface area contributed by atoms with E-state index in [1.54, 1.807) is 32.0 Å². The predicted molar refractivity (Wildman–Crippen MR) is 96.9 cm³/mol. The molecule has 2 aromatic rings. The Balaban J connectivity index is 1.94. The Hall–Kier alpha value is -3.56. The normalized spacial score (nSPS) is 10.9. The van der Waals surface area contributed by atoms with Gasteiger partial charge in [0, 0.05) is 6.07 Å². The Bertz CT molecular complexity index is 880. The smallest absolute Gasteiger partial charge is 0.387 e. The van der Waals surface area contributed by atoms with Gasteiger partial charge in [-0.05, 0) is 48.7 Å². The number of benzene rings is 2. The number of amides is 1.